The smallest absolute Gasteiger partial charge is 0.262 e. The first-order valence-electron chi connectivity index (χ1n) is 9.21. The van der Waals surface area contributed by atoms with E-state index in [1.807, 2.05) is 36.6 Å². The number of benzene rings is 1. The summed E-state index contributed by atoms with van der Waals surface area (Å²) in [4.78, 5) is 33.3. The van der Waals surface area contributed by atoms with E-state index in [9.17, 15) is 9.59 Å². The van der Waals surface area contributed by atoms with Crippen LogP contribution in [-0.2, 0) is 11.3 Å². The summed E-state index contributed by atoms with van der Waals surface area (Å²) in [6.45, 7) is 5.48. The number of Topliss-reactive ketones (excluding diaryl/α,β-unsaturated/α-hetero) is 1. The zero-order chi connectivity index (χ0) is 19.8. The fourth-order valence-electron chi connectivity index (χ4n) is 3.46. The molecule has 1 atom stereocenters. The molecule has 1 unspecified atom stereocenters. The Morgan fingerprint density at radius 1 is 1.18 bits per heavy atom. The lowest BCUT2D eigenvalue weighted by Crippen LogP contribution is -2.33. The van der Waals surface area contributed by atoms with Gasteiger partial charge < -0.3 is 4.57 Å². The molecule has 142 valence electrons. The lowest BCUT2D eigenvalue weighted by atomic mass is 10.0. The molecule has 3 aromatic rings. The highest BCUT2D eigenvalue weighted by Gasteiger charge is 2.24. The van der Waals surface area contributed by atoms with Crippen molar-refractivity contribution in [2.24, 2.45) is 5.10 Å². The summed E-state index contributed by atoms with van der Waals surface area (Å²) in [6.07, 6.45) is 7.81. The van der Waals surface area contributed by atoms with Crippen LogP contribution in [0.4, 0.5) is 0 Å². The number of ketones is 1. The molecule has 0 bridgehead atoms. The van der Waals surface area contributed by atoms with E-state index in [1.54, 1.807) is 24.8 Å². The lowest BCUT2D eigenvalue weighted by Gasteiger charge is -2.18. The molecule has 0 spiro atoms. The molecule has 1 amide bonds. The molecule has 28 heavy (non-hydrogen) atoms. The van der Waals surface area contributed by atoms with Gasteiger partial charge in [-0.15, -0.1) is 0 Å². The Morgan fingerprint density at radius 2 is 1.93 bits per heavy atom. The summed E-state index contributed by atoms with van der Waals surface area (Å²) >= 11 is 0. The van der Waals surface area contributed by atoms with Gasteiger partial charge in [-0.2, -0.15) is 5.10 Å². The molecule has 0 N–H and O–H groups in total. The van der Waals surface area contributed by atoms with Gasteiger partial charge in [0.2, 0.25) is 0 Å². The van der Waals surface area contributed by atoms with Gasteiger partial charge >= 0.3 is 0 Å². The fraction of sp³-hybridized carbons (Fsp3) is 0.286. The maximum atomic E-state index is 12.7. The van der Waals surface area contributed by atoms with Crippen LogP contribution < -0.4 is 0 Å². The van der Waals surface area contributed by atoms with Crippen LogP contribution in [0.2, 0.25) is 0 Å². The van der Waals surface area contributed by atoms with Gasteiger partial charge in [0.15, 0.2) is 5.78 Å². The Labute approximate surface area is 162 Å². The van der Waals surface area contributed by atoms with Crippen molar-refractivity contribution in [3.05, 3.63) is 48.2 Å². The van der Waals surface area contributed by atoms with Gasteiger partial charge in [0.05, 0.1) is 6.04 Å². The van der Waals surface area contributed by atoms with Crippen molar-refractivity contribution in [1.82, 2.24) is 19.5 Å². The monoisotopic (exact) mass is 375 g/mol. The highest BCUT2D eigenvalue weighted by molar-refractivity contribution is 6.08. The number of hydrogen-bond acceptors (Lipinski definition) is 5. The predicted octanol–water partition coefficient (Wildman–Crippen LogP) is 3.22. The zero-order valence-electron chi connectivity index (χ0n) is 16.1. The number of aryl methyl sites for hydroxylation is 1. The molecule has 3 heterocycles. The third-order valence-corrected chi connectivity index (χ3v) is 5.01. The summed E-state index contributed by atoms with van der Waals surface area (Å²) in [5.41, 5.74) is 3.24. The van der Waals surface area contributed by atoms with Crippen LogP contribution in [0.3, 0.4) is 0 Å². The van der Waals surface area contributed by atoms with Gasteiger partial charge in [-0.25, -0.2) is 15.0 Å². The topological polar surface area (TPSA) is 80.5 Å². The van der Waals surface area contributed by atoms with Gasteiger partial charge in [0, 0.05) is 53.3 Å². The predicted molar refractivity (Wildman–Crippen MR) is 107 cm³/mol. The van der Waals surface area contributed by atoms with E-state index in [2.05, 4.69) is 15.1 Å². The maximum Gasteiger partial charge on any atom is 0.262 e. The summed E-state index contributed by atoms with van der Waals surface area (Å²) < 4.78 is 1.82. The van der Waals surface area contributed by atoms with Gasteiger partial charge in [0.1, 0.15) is 12.4 Å². The van der Waals surface area contributed by atoms with E-state index in [-0.39, 0.29) is 24.3 Å². The molecule has 7 nitrogen and oxygen atoms in total. The van der Waals surface area contributed by atoms with Crippen molar-refractivity contribution >= 4 is 28.8 Å². The number of nitrogens with zero attached hydrogens (tertiary/aromatic N) is 5. The Balaban J connectivity index is 1.74. The molecule has 7 heteroatoms. The molecular weight excluding hydrogens is 354 g/mol. The van der Waals surface area contributed by atoms with Crippen molar-refractivity contribution in [3.63, 3.8) is 0 Å². The molecule has 0 aliphatic carbocycles. The highest BCUT2D eigenvalue weighted by atomic mass is 16.2. The quantitative estimate of drug-likeness (QED) is 0.656. The molecule has 0 saturated carbocycles. The molecule has 0 radical (unpaired) electrons. The Hall–Kier alpha value is -3.35. The summed E-state index contributed by atoms with van der Waals surface area (Å²) in [5.74, 6) is 0.572. The van der Waals surface area contributed by atoms with E-state index >= 15 is 0 Å². The first kappa shape index (κ1) is 18.0. The zero-order valence-corrected chi connectivity index (χ0v) is 16.1. The molecular formula is C21H21N5O2. The second-order valence-electron chi connectivity index (χ2n) is 7.10. The van der Waals surface area contributed by atoms with E-state index < -0.39 is 0 Å². The van der Waals surface area contributed by atoms with Gasteiger partial charge in [0.25, 0.3) is 5.91 Å². The summed E-state index contributed by atoms with van der Waals surface area (Å²) in [5, 5.41) is 6.49. The minimum atomic E-state index is -0.0933. The van der Waals surface area contributed by atoms with Crippen molar-refractivity contribution in [2.45, 2.75) is 39.8 Å². The number of carbonyl (C=O) groups is 2. The Kier molecular flexibility index (Phi) is 4.50. The third-order valence-electron chi connectivity index (χ3n) is 5.01. The molecule has 1 aliphatic heterocycles. The fourth-order valence-corrected chi connectivity index (χ4v) is 3.46. The van der Waals surface area contributed by atoms with Crippen molar-refractivity contribution in [3.8, 4) is 11.1 Å². The Morgan fingerprint density at radius 3 is 2.57 bits per heavy atom. The van der Waals surface area contributed by atoms with E-state index in [0.29, 0.717) is 11.4 Å². The molecule has 0 fully saturated rings. The van der Waals surface area contributed by atoms with Crippen LogP contribution in [0.5, 0.6) is 0 Å². The first-order chi connectivity index (χ1) is 13.4. The summed E-state index contributed by atoms with van der Waals surface area (Å²) in [7, 11) is 0. The number of fused-ring (bicyclic) bond motifs is 1. The van der Waals surface area contributed by atoms with Crippen LogP contribution in [0.1, 0.15) is 36.5 Å². The van der Waals surface area contributed by atoms with Crippen LogP contribution in [-0.4, -0.2) is 43.5 Å². The number of aromatic nitrogens is 3. The largest absolute Gasteiger partial charge is 0.337 e. The molecule has 1 aromatic carbocycles. The average Bonchev–Trinajstić information content (AvgIpc) is 3.26. The number of amides is 1. The highest BCUT2D eigenvalue weighted by Crippen LogP contribution is 2.28. The van der Waals surface area contributed by atoms with Crippen LogP contribution in [0.15, 0.2) is 41.9 Å². The molecule has 2 aromatic heterocycles. The van der Waals surface area contributed by atoms with Gasteiger partial charge in [-0.1, -0.05) is 6.07 Å². The average molecular weight is 375 g/mol. The second kappa shape index (κ2) is 6.99. The third kappa shape index (κ3) is 3.19. The van der Waals surface area contributed by atoms with E-state index in [0.717, 1.165) is 28.5 Å². The van der Waals surface area contributed by atoms with E-state index in [4.69, 9.17) is 0 Å². The minimum Gasteiger partial charge on any atom is -0.337 e. The SMILES string of the molecule is CC(=O)c1cn(CC(=O)N2N=CCC2C)c2ccc(-c3cnc(C)nc3)cc12. The van der Waals surface area contributed by atoms with Gasteiger partial charge in [-0.3, -0.25) is 9.59 Å². The number of rotatable bonds is 4. The standard InChI is InChI=1S/C21H21N5O2/c1-13-6-7-24-26(13)21(28)12-25-11-19(14(2)27)18-8-16(4-5-20(18)25)17-9-22-15(3)23-10-17/h4-5,7-11,13H,6,12H2,1-3H3. The van der Waals surface area contributed by atoms with Crippen LogP contribution in [0, 0.1) is 6.92 Å². The lowest BCUT2D eigenvalue weighted by molar-refractivity contribution is -0.133. The Bertz CT molecular complexity index is 1100. The number of hydrazone groups is 1. The number of hydrogen-bond donors (Lipinski definition) is 0. The van der Waals surface area contributed by atoms with Crippen LogP contribution in [0.25, 0.3) is 22.0 Å². The van der Waals surface area contributed by atoms with Crippen molar-refractivity contribution in [2.75, 3.05) is 0 Å². The second-order valence-corrected chi connectivity index (χ2v) is 7.10. The molecule has 0 saturated heterocycles. The molecule has 4 rings (SSSR count). The van der Waals surface area contributed by atoms with Crippen molar-refractivity contribution in [1.29, 1.82) is 0 Å². The minimum absolute atomic E-state index is 0.0407. The molecule has 1 aliphatic rings. The van der Waals surface area contributed by atoms with Crippen molar-refractivity contribution < 1.29 is 9.59 Å². The first-order valence-corrected chi connectivity index (χ1v) is 9.21. The maximum absolute atomic E-state index is 12.7. The number of carbonyl (C=O) groups excluding carboxylic acids is 2. The van der Waals surface area contributed by atoms with Gasteiger partial charge in [-0.05, 0) is 38.5 Å². The van der Waals surface area contributed by atoms with Crippen LogP contribution >= 0.6 is 0 Å². The summed E-state index contributed by atoms with van der Waals surface area (Å²) in [6, 6.07) is 5.91. The normalized spacial score (nSPS) is 16.1. The van der Waals surface area contributed by atoms with E-state index in [1.165, 1.54) is 11.9 Å².